The van der Waals surface area contributed by atoms with Gasteiger partial charge in [0.1, 0.15) is 11.8 Å². The lowest BCUT2D eigenvalue weighted by molar-refractivity contribution is -0.141. The molecule has 40 heavy (non-hydrogen) atoms. The first kappa shape index (κ1) is 28.6. The van der Waals surface area contributed by atoms with Crippen molar-refractivity contribution in [3.63, 3.8) is 0 Å². The molecule has 0 fully saturated rings. The Kier molecular flexibility index (Phi) is 10.1. The van der Waals surface area contributed by atoms with Crippen molar-refractivity contribution in [2.24, 2.45) is 0 Å². The lowest BCUT2D eigenvalue weighted by atomic mass is 9.87. The Balaban J connectivity index is 1.74. The molecular formula is C35H38N2O3. The minimum absolute atomic E-state index is 0.0547. The van der Waals surface area contributed by atoms with Crippen LogP contribution in [0.4, 0.5) is 0 Å². The highest BCUT2D eigenvalue weighted by Gasteiger charge is 2.32. The maximum Gasteiger partial charge on any atom is 0.243 e. The standard InChI is InChI=1S/C35H38N2O3/c1-26(2)36-35(39)33(23-27-14-7-4-8-15-27)37(25-28-16-13-21-31(22-28)40-3)34(38)24-32(29-17-9-5-10-18-29)30-19-11-6-12-20-30/h4-22,26,32-33H,23-25H2,1-3H3,(H,36,39)/t33-/m0/s1. The van der Waals surface area contributed by atoms with E-state index >= 15 is 0 Å². The van der Waals surface area contributed by atoms with Gasteiger partial charge in [0.05, 0.1) is 7.11 Å². The highest BCUT2D eigenvalue weighted by molar-refractivity contribution is 5.88. The monoisotopic (exact) mass is 534 g/mol. The van der Waals surface area contributed by atoms with E-state index in [1.165, 1.54) is 0 Å². The van der Waals surface area contributed by atoms with Crippen LogP contribution in [0.5, 0.6) is 5.75 Å². The molecule has 0 unspecified atom stereocenters. The molecule has 1 N–H and O–H groups in total. The molecule has 5 nitrogen and oxygen atoms in total. The highest BCUT2D eigenvalue weighted by atomic mass is 16.5. The largest absolute Gasteiger partial charge is 0.497 e. The fourth-order valence-corrected chi connectivity index (χ4v) is 4.99. The number of hydrogen-bond donors (Lipinski definition) is 1. The molecule has 0 bridgehead atoms. The number of rotatable bonds is 12. The van der Waals surface area contributed by atoms with Crippen LogP contribution < -0.4 is 10.1 Å². The smallest absolute Gasteiger partial charge is 0.243 e. The van der Waals surface area contributed by atoms with Gasteiger partial charge in [-0.25, -0.2) is 0 Å². The fraction of sp³-hybridized carbons (Fsp3) is 0.257. The summed E-state index contributed by atoms with van der Waals surface area (Å²) in [4.78, 5) is 29.9. The molecule has 0 heterocycles. The zero-order chi connectivity index (χ0) is 28.3. The molecule has 4 rings (SSSR count). The van der Waals surface area contributed by atoms with Crippen LogP contribution in [-0.2, 0) is 22.6 Å². The molecule has 5 heteroatoms. The minimum atomic E-state index is -0.685. The van der Waals surface area contributed by atoms with E-state index in [0.29, 0.717) is 12.2 Å². The van der Waals surface area contributed by atoms with Gasteiger partial charge in [-0.15, -0.1) is 0 Å². The van der Waals surface area contributed by atoms with Crippen molar-refractivity contribution in [3.05, 3.63) is 138 Å². The summed E-state index contributed by atoms with van der Waals surface area (Å²) < 4.78 is 5.45. The summed E-state index contributed by atoms with van der Waals surface area (Å²) in [6.07, 6.45) is 0.648. The molecule has 0 aliphatic heterocycles. The first-order valence-electron chi connectivity index (χ1n) is 13.8. The third-order valence-corrected chi connectivity index (χ3v) is 6.97. The van der Waals surface area contributed by atoms with E-state index in [2.05, 4.69) is 29.6 Å². The molecule has 1 atom stereocenters. The predicted molar refractivity (Wildman–Crippen MR) is 160 cm³/mol. The van der Waals surface area contributed by atoms with Crippen molar-refractivity contribution in [1.82, 2.24) is 10.2 Å². The summed E-state index contributed by atoms with van der Waals surface area (Å²) in [6.45, 7) is 4.16. The maximum atomic E-state index is 14.4. The summed E-state index contributed by atoms with van der Waals surface area (Å²) >= 11 is 0. The van der Waals surface area contributed by atoms with Crippen LogP contribution in [0, 0.1) is 0 Å². The normalized spacial score (nSPS) is 11.7. The Labute approximate surface area is 237 Å². The summed E-state index contributed by atoms with van der Waals surface area (Å²) in [5.74, 6) is 0.322. The van der Waals surface area contributed by atoms with Gasteiger partial charge >= 0.3 is 0 Å². The molecule has 0 radical (unpaired) electrons. The lowest BCUT2D eigenvalue weighted by Crippen LogP contribution is -2.52. The molecule has 2 amide bonds. The topological polar surface area (TPSA) is 58.6 Å². The van der Waals surface area contributed by atoms with Crippen LogP contribution in [0.25, 0.3) is 0 Å². The summed E-state index contributed by atoms with van der Waals surface area (Å²) in [5.41, 5.74) is 4.03. The second-order valence-corrected chi connectivity index (χ2v) is 10.3. The van der Waals surface area contributed by atoms with Gasteiger partial charge in [0, 0.05) is 31.3 Å². The van der Waals surface area contributed by atoms with Crippen LogP contribution in [0.1, 0.15) is 48.4 Å². The van der Waals surface area contributed by atoms with Gasteiger partial charge in [-0.1, -0.05) is 103 Å². The Morgan fingerprint density at radius 1 is 0.750 bits per heavy atom. The third kappa shape index (κ3) is 7.82. The molecule has 4 aromatic rings. The van der Waals surface area contributed by atoms with Gasteiger partial charge in [-0.05, 0) is 48.2 Å². The van der Waals surface area contributed by atoms with E-state index in [4.69, 9.17) is 4.74 Å². The number of benzene rings is 4. The van der Waals surface area contributed by atoms with Gasteiger partial charge in [0.25, 0.3) is 0 Å². The van der Waals surface area contributed by atoms with Crippen molar-refractivity contribution in [3.8, 4) is 5.75 Å². The lowest BCUT2D eigenvalue weighted by Gasteiger charge is -2.33. The van der Waals surface area contributed by atoms with E-state index in [1.54, 1.807) is 12.0 Å². The average molecular weight is 535 g/mol. The number of hydrogen-bond acceptors (Lipinski definition) is 3. The van der Waals surface area contributed by atoms with Gasteiger partial charge in [-0.2, -0.15) is 0 Å². The zero-order valence-electron chi connectivity index (χ0n) is 23.5. The molecule has 0 spiro atoms. The van der Waals surface area contributed by atoms with Crippen molar-refractivity contribution < 1.29 is 14.3 Å². The average Bonchev–Trinajstić information content (AvgIpc) is 2.98. The van der Waals surface area contributed by atoms with E-state index in [1.807, 2.05) is 105 Å². The molecule has 0 aliphatic carbocycles. The number of amides is 2. The molecular weight excluding hydrogens is 496 g/mol. The summed E-state index contributed by atoms with van der Waals surface area (Å²) in [6, 6.07) is 37.0. The van der Waals surface area contributed by atoms with Crippen molar-refractivity contribution in [1.29, 1.82) is 0 Å². The van der Waals surface area contributed by atoms with Crippen LogP contribution in [0.2, 0.25) is 0 Å². The number of carbonyl (C=O) groups excluding carboxylic acids is 2. The first-order valence-corrected chi connectivity index (χ1v) is 13.8. The van der Waals surface area contributed by atoms with Crippen LogP contribution in [0.3, 0.4) is 0 Å². The molecule has 0 saturated carbocycles. The Morgan fingerprint density at radius 2 is 1.30 bits per heavy atom. The Morgan fingerprint density at radius 3 is 1.85 bits per heavy atom. The quantitative estimate of drug-likeness (QED) is 0.229. The zero-order valence-corrected chi connectivity index (χ0v) is 23.5. The van der Waals surface area contributed by atoms with Gasteiger partial charge in [0.2, 0.25) is 11.8 Å². The summed E-state index contributed by atoms with van der Waals surface area (Å²) in [5, 5.41) is 3.07. The molecule has 206 valence electrons. The van der Waals surface area contributed by atoms with E-state index in [9.17, 15) is 9.59 Å². The van der Waals surface area contributed by atoms with E-state index in [-0.39, 0.29) is 36.7 Å². The van der Waals surface area contributed by atoms with Gasteiger partial charge < -0.3 is 15.0 Å². The minimum Gasteiger partial charge on any atom is -0.497 e. The number of nitrogens with one attached hydrogen (secondary N) is 1. The van der Waals surface area contributed by atoms with Crippen molar-refractivity contribution >= 4 is 11.8 Å². The second-order valence-electron chi connectivity index (χ2n) is 10.3. The van der Waals surface area contributed by atoms with Crippen LogP contribution in [0.15, 0.2) is 115 Å². The SMILES string of the molecule is COc1cccc(CN(C(=O)CC(c2ccccc2)c2ccccc2)[C@@H](Cc2ccccc2)C(=O)NC(C)C)c1. The maximum absolute atomic E-state index is 14.4. The van der Waals surface area contributed by atoms with E-state index < -0.39 is 6.04 Å². The highest BCUT2D eigenvalue weighted by Crippen LogP contribution is 2.30. The Hall–Kier alpha value is -4.38. The first-order chi connectivity index (χ1) is 19.4. The predicted octanol–water partition coefficient (Wildman–Crippen LogP) is 6.38. The third-order valence-electron chi connectivity index (χ3n) is 6.97. The number of methoxy groups -OCH3 is 1. The van der Waals surface area contributed by atoms with Crippen LogP contribution >= 0.6 is 0 Å². The second kappa shape index (κ2) is 14.1. The van der Waals surface area contributed by atoms with E-state index in [0.717, 1.165) is 22.3 Å². The van der Waals surface area contributed by atoms with Crippen molar-refractivity contribution in [2.45, 2.75) is 51.2 Å². The number of nitrogens with zero attached hydrogens (tertiary/aromatic N) is 1. The molecule has 0 aromatic heterocycles. The number of carbonyl (C=O) groups is 2. The van der Waals surface area contributed by atoms with Gasteiger partial charge in [0.15, 0.2) is 0 Å². The van der Waals surface area contributed by atoms with Crippen molar-refractivity contribution in [2.75, 3.05) is 7.11 Å². The summed E-state index contributed by atoms with van der Waals surface area (Å²) in [7, 11) is 1.63. The molecule has 4 aromatic carbocycles. The van der Waals surface area contributed by atoms with Crippen LogP contribution in [-0.4, -0.2) is 35.9 Å². The van der Waals surface area contributed by atoms with Gasteiger partial charge in [-0.3, -0.25) is 9.59 Å². The molecule has 0 saturated heterocycles. The molecule has 0 aliphatic rings. The fourth-order valence-electron chi connectivity index (χ4n) is 4.99. The number of ether oxygens (including phenoxy) is 1. The Bertz CT molecular complexity index is 1320.